The molecule has 0 atom stereocenters. The third-order valence-electron chi connectivity index (χ3n) is 5.48. The number of nitrogens with one attached hydrogen (secondary N) is 1. The van der Waals surface area contributed by atoms with Gasteiger partial charge in [0, 0.05) is 0 Å². The number of carbonyl (C=O) groups is 1. The lowest BCUT2D eigenvalue weighted by molar-refractivity contribution is -0.274. The van der Waals surface area contributed by atoms with Gasteiger partial charge in [-0.15, -0.1) is 13.2 Å². The van der Waals surface area contributed by atoms with Gasteiger partial charge in [0.1, 0.15) is 16.9 Å². The minimum atomic E-state index is -4.83. The van der Waals surface area contributed by atoms with Crippen molar-refractivity contribution in [1.29, 1.82) is 0 Å². The first-order chi connectivity index (χ1) is 15.3. The first-order valence-corrected chi connectivity index (χ1v) is 10.3. The van der Waals surface area contributed by atoms with Crippen molar-refractivity contribution in [3.8, 4) is 11.4 Å². The normalized spacial score (nSPS) is 15.8. The third kappa shape index (κ3) is 5.09. The monoisotopic (exact) mass is 464 g/mol. The molecule has 0 bridgehead atoms. The summed E-state index contributed by atoms with van der Waals surface area (Å²) in [7, 11) is 0. The average molecular weight is 464 g/mol. The van der Waals surface area contributed by atoms with E-state index >= 15 is 0 Å². The maximum atomic E-state index is 12.6. The molecule has 0 saturated heterocycles. The van der Waals surface area contributed by atoms with Gasteiger partial charge in [0.05, 0.1) is 23.4 Å². The molecule has 1 amide bonds. The van der Waals surface area contributed by atoms with Gasteiger partial charge in [0.25, 0.3) is 0 Å². The Labute approximate surface area is 187 Å². The Balaban J connectivity index is 1.75. The van der Waals surface area contributed by atoms with Crippen LogP contribution in [-0.4, -0.2) is 42.6 Å². The van der Waals surface area contributed by atoms with Gasteiger partial charge >= 0.3 is 6.36 Å². The molecule has 1 aliphatic carbocycles. The number of aliphatic hydroxyl groups is 2. The molecule has 1 aliphatic rings. The summed E-state index contributed by atoms with van der Waals surface area (Å²) in [5.74, 6) is -0.769. The topological polar surface area (TPSA) is 110 Å². The molecule has 2 aromatic heterocycles. The molecule has 2 heterocycles. The number of fused-ring (bicyclic) bond motifs is 1. The van der Waals surface area contributed by atoms with E-state index in [2.05, 4.69) is 20.0 Å². The standard InChI is InChI=1S/C22H23F3N4O4/c1-20(2,31)16-9-8-15-18(27-16)29(13-4-6-14(7-5-13)33-22(23,24)25)19(26-15)28-17(30)12-21(32)10-3-11-21/h4-9,31-32H,3,10-12H2,1-2H3,(H,26,28,30). The van der Waals surface area contributed by atoms with E-state index in [-0.39, 0.29) is 18.0 Å². The second-order valence-corrected chi connectivity index (χ2v) is 8.71. The summed E-state index contributed by atoms with van der Waals surface area (Å²) in [6.07, 6.45) is -3.01. The minimum Gasteiger partial charge on any atom is -0.406 e. The molecule has 0 aliphatic heterocycles. The smallest absolute Gasteiger partial charge is 0.406 e. The molecule has 4 rings (SSSR count). The van der Waals surface area contributed by atoms with Crippen molar-refractivity contribution in [2.45, 2.75) is 57.1 Å². The number of hydrogen-bond donors (Lipinski definition) is 3. The Hall–Kier alpha value is -3.18. The van der Waals surface area contributed by atoms with E-state index in [1.165, 1.54) is 16.7 Å². The van der Waals surface area contributed by atoms with Crippen LogP contribution >= 0.6 is 0 Å². The zero-order valence-electron chi connectivity index (χ0n) is 18.0. The van der Waals surface area contributed by atoms with E-state index < -0.39 is 29.2 Å². The number of carbonyl (C=O) groups excluding carboxylic acids is 1. The van der Waals surface area contributed by atoms with Crippen molar-refractivity contribution in [3.05, 3.63) is 42.1 Å². The van der Waals surface area contributed by atoms with Crippen molar-refractivity contribution in [3.63, 3.8) is 0 Å². The van der Waals surface area contributed by atoms with Crippen LogP contribution in [0, 0.1) is 0 Å². The number of amides is 1. The lowest BCUT2D eigenvalue weighted by Crippen LogP contribution is -2.40. The zero-order valence-corrected chi connectivity index (χ0v) is 18.0. The van der Waals surface area contributed by atoms with E-state index in [9.17, 15) is 28.2 Å². The maximum absolute atomic E-state index is 12.6. The summed E-state index contributed by atoms with van der Waals surface area (Å²) < 4.78 is 42.9. The molecule has 3 aromatic rings. The van der Waals surface area contributed by atoms with Crippen LogP contribution in [0.25, 0.3) is 16.9 Å². The molecule has 0 unspecified atom stereocenters. The second kappa shape index (κ2) is 7.99. The van der Waals surface area contributed by atoms with Gasteiger partial charge in [-0.25, -0.2) is 9.97 Å². The Morgan fingerprint density at radius 3 is 2.36 bits per heavy atom. The highest BCUT2D eigenvalue weighted by Gasteiger charge is 2.37. The quantitative estimate of drug-likeness (QED) is 0.512. The molecule has 3 N–H and O–H groups in total. The van der Waals surface area contributed by atoms with Crippen LogP contribution in [0.2, 0.25) is 0 Å². The van der Waals surface area contributed by atoms with Crippen LogP contribution in [-0.2, 0) is 10.4 Å². The second-order valence-electron chi connectivity index (χ2n) is 8.71. The summed E-state index contributed by atoms with van der Waals surface area (Å²) in [4.78, 5) is 21.5. The molecule has 1 saturated carbocycles. The number of ether oxygens (including phenoxy) is 1. The zero-order chi connectivity index (χ0) is 24.0. The Morgan fingerprint density at radius 2 is 1.82 bits per heavy atom. The fourth-order valence-electron chi connectivity index (χ4n) is 3.65. The predicted octanol–water partition coefficient (Wildman–Crippen LogP) is 3.79. The largest absolute Gasteiger partial charge is 0.573 e. The van der Waals surface area contributed by atoms with E-state index in [0.717, 1.165) is 18.6 Å². The summed E-state index contributed by atoms with van der Waals surface area (Å²) >= 11 is 0. The summed E-state index contributed by atoms with van der Waals surface area (Å²) in [5, 5.41) is 23.3. The first-order valence-electron chi connectivity index (χ1n) is 10.3. The number of pyridine rings is 1. The van der Waals surface area contributed by atoms with E-state index in [4.69, 9.17) is 0 Å². The third-order valence-corrected chi connectivity index (χ3v) is 5.48. The highest BCUT2D eigenvalue weighted by molar-refractivity contribution is 5.92. The van der Waals surface area contributed by atoms with Gasteiger partial charge in [0.15, 0.2) is 5.65 Å². The van der Waals surface area contributed by atoms with Crippen molar-refractivity contribution in [2.75, 3.05) is 5.32 Å². The number of benzene rings is 1. The number of rotatable bonds is 6. The molecular weight excluding hydrogens is 441 g/mol. The molecule has 176 valence electrons. The number of nitrogens with zero attached hydrogens (tertiary/aromatic N) is 3. The van der Waals surface area contributed by atoms with Crippen molar-refractivity contribution < 1.29 is 32.9 Å². The molecule has 0 spiro atoms. The van der Waals surface area contributed by atoms with Gasteiger partial charge in [-0.1, -0.05) is 0 Å². The number of halogens is 3. The highest BCUT2D eigenvalue weighted by Crippen LogP contribution is 2.35. The van der Waals surface area contributed by atoms with Gasteiger partial charge in [0.2, 0.25) is 11.9 Å². The number of imidazole rings is 1. The lowest BCUT2D eigenvalue weighted by Gasteiger charge is -2.35. The fourth-order valence-corrected chi connectivity index (χ4v) is 3.65. The Bertz CT molecular complexity index is 1180. The Morgan fingerprint density at radius 1 is 1.15 bits per heavy atom. The van der Waals surface area contributed by atoms with E-state index in [0.29, 0.717) is 29.7 Å². The van der Waals surface area contributed by atoms with Crippen LogP contribution < -0.4 is 10.1 Å². The van der Waals surface area contributed by atoms with Gasteiger partial charge in [-0.3, -0.25) is 14.7 Å². The van der Waals surface area contributed by atoms with Crippen LogP contribution in [0.3, 0.4) is 0 Å². The van der Waals surface area contributed by atoms with Crippen LogP contribution in [0.5, 0.6) is 5.75 Å². The van der Waals surface area contributed by atoms with Crippen LogP contribution in [0.4, 0.5) is 19.1 Å². The summed E-state index contributed by atoms with van der Waals surface area (Å²) in [5.41, 5.74) is -0.901. The molecular formula is C22H23F3N4O4. The van der Waals surface area contributed by atoms with Gasteiger partial charge in [-0.2, -0.15) is 0 Å². The molecule has 33 heavy (non-hydrogen) atoms. The minimum absolute atomic E-state index is 0.0859. The van der Waals surface area contributed by atoms with E-state index in [1.54, 1.807) is 26.0 Å². The van der Waals surface area contributed by atoms with Gasteiger partial charge < -0.3 is 14.9 Å². The first kappa shape index (κ1) is 23.0. The lowest BCUT2D eigenvalue weighted by atomic mass is 9.78. The number of aromatic nitrogens is 3. The molecule has 11 heteroatoms. The maximum Gasteiger partial charge on any atom is 0.573 e. The SMILES string of the molecule is CC(C)(O)c1ccc2nc(NC(=O)CC3(O)CCC3)n(-c3ccc(OC(F)(F)F)cc3)c2n1. The van der Waals surface area contributed by atoms with Crippen molar-refractivity contribution in [1.82, 2.24) is 14.5 Å². The van der Waals surface area contributed by atoms with Crippen molar-refractivity contribution in [2.24, 2.45) is 0 Å². The molecule has 8 nitrogen and oxygen atoms in total. The number of hydrogen-bond acceptors (Lipinski definition) is 6. The number of alkyl halides is 3. The number of anilines is 1. The van der Waals surface area contributed by atoms with Crippen LogP contribution in [0.1, 0.15) is 45.2 Å². The highest BCUT2D eigenvalue weighted by atomic mass is 19.4. The molecule has 0 radical (unpaired) electrons. The van der Waals surface area contributed by atoms with Gasteiger partial charge in [-0.05, 0) is 69.5 Å². The summed E-state index contributed by atoms with van der Waals surface area (Å²) in [6.45, 7) is 3.13. The Kier molecular flexibility index (Phi) is 5.57. The molecule has 1 aromatic carbocycles. The van der Waals surface area contributed by atoms with Crippen molar-refractivity contribution >= 4 is 23.0 Å². The molecule has 1 fully saturated rings. The summed E-state index contributed by atoms with van der Waals surface area (Å²) in [6, 6.07) is 8.24. The van der Waals surface area contributed by atoms with E-state index in [1.807, 2.05) is 0 Å². The predicted molar refractivity (Wildman–Crippen MR) is 113 cm³/mol. The van der Waals surface area contributed by atoms with Crippen LogP contribution in [0.15, 0.2) is 36.4 Å². The average Bonchev–Trinajstić information content (AvgIpc) is 3.02. The fraction of sp³-hybridized carbons (Fsp3) is 0.409.